The molecule has 5 nitrogen and oxygen atoms in total. The van der Waals surface area contributed by atoms with Crippen LogP contribution in [0.15, 0.2) is 23.1 Å². The Hall–Kier alpha value is -1.18. The lowest BCUT2D eigenvalue weighted by molar-refractivity contribution is 0.285. The molecule has 96 valence electrons. The summed E-state index contributed by atoms with van der Waals surface area (Å²) in [5, 5.41) is 8.54. The molecule has 0 aliphatic carbocycles. The fraction of sp³-hybridized carbons (Fsp3) is 0.400. The zero-order valence-corrected chi connectivity index (χ0v) is 10.0. The molecule has 0 fully saturated rings. The highest BCUT2D eigenvalue weighted by Gasteiger charge is 2.18. The zero-order chi connectivity index (χ0) is 12.9. The van der Waals surface area contributed by atoms with Crippen LogP contribution in [-0.4, -0.2) is 26.7 Å². The first-order valence-corrected chi connectivity index (χ1v) is 6.61. The largest absolute Gasteiger partial charge is 0.399 e. The smallest absolute Gasteiger partial charge is 0.243 e. The first kappa shape index (κ1) is 13.9. The van der Waals surface area contributed by atoms with Crippen molar-refractivity contribution in [2.24, 2.45) is 0 Å². The number of rotatable bonds is 6. The Morgan fingerprint density at radius 1 is 1.35 bits per heavy atom. The fourth-order valence-electron chi connectivity index (χ4n) is 1.26. The van der Waals surface area contributed by atoms with Gasteiger partial charge in [0, 0.05) is 18.8 Å². The van der Waals surface area contributed by atoms with Gasteiger partial charge >= 0.3 is 0 Å². The molecule has 1 aromatic carbocycles. The van der Waals surface area contributed by atoms with Gasteiger partial charge in [-0.1, -0.05) is 0 Å². The molecule has 17 heavy (non-hydrogen) atoms. The highest BCUT2D eigenvalue weighted by molar-refractivity contribution is 7.89. The van der Waals surface area contributed by atoms with Gasteiger partial charge in [-0.3, -0.25) is 0 Å². The number of sulfonamides is 1. The molecule has 0 radical (unpaired) electrons. The molecule has 1 rings (SSSR count). The van der Waals surface area contributed by atoms with Crippen LogP contribution in [0.1, 0.15) is 12.8 Å². The molecule has 0 saturated carbocycles. The minimum absolute atomic E-state index is 0.00202. The van der Waals surface area contributed by atoms with Gasteiger partial charge in [-0.15, -0.1) is 0 Å². The Kier molecular flexibility index (Phi) is 4.86. The molecule has 4 N–H and O–H groups in total. The molecule has 0 bridgehead atoms. The third kappa shape index (κ3) is 3.95. The molecular weight excluding hydrogens is 247 g/mol. The van der Waals surface area contributed by atoms with E-state index in [-0.39, 0.29) is 18.8 Å². The highest BCUT2D eigenvalue weighted by Crippen LogP contribution is 2.16. The Morgan fingerprint density at radius 2 is 2.06 bits per heavy atom. The summed E-state index contributed by atoms with van der Waals surface area (Å²) in [5.41, 5.74) is 5.50. The van der Waals surface area contributed by atoms with Gasteiger partial charge in [-0.05, 0) is 31.0 Å². The maximum atomic E-state index is 13.4. The second-order valence-corrected chi connectivity index (χ2v) is 5.25. The van der Waals surface area contributed by atoms with Crippen molar-refractivity contribution in [1.82, 2.24) is 4.72 Å². The number of halogens is 1. The molecule has 0 heterocycles. The summed E-state index contributed by atoms with van der Waals surface area (Å²) < 4.78 is 39.0. The van der Waals surface area contributed by atoms with E-state index < -0.39 is 20.7 Å². The zero-order valence-electron chi connectivity index (χ0n) is 9.19. The Labute approximate surface area is 99.5 Å². The van der Waals surface area contributed by atoms with Gasteiger partial charge in [0.25, 0.3) is 0 Å². The second-order valence-electron chi connectivity index (χ2n) is 3.52. The van der Waals surface area contributed by atoms with E-state index in [9.17, 15) is 12.8 Å². The van der Waals surface area contributed by atoms with Crippen molar-refractivity contribution in [3.8, 4) is 0 Å². The van der Waals surface area contributed by atoms with E-state index in [1.54, 1.807) is 0 Å². The first-order chi connectivity index (χ1) is 7.97. The molecule has 1 aromatic rings. The highest BCUT2D eigenvalue weighted by atomic mass is 32.2. The Balaban J connectivity index is 2.76. The molecule has 0 aromatic heterocycles. The molecule has 0 atom stereocenters. The van der Waals surface area contributed by atoms with Crippen molar-refractivity contribution in [3.05, 3.63) is 24.0 Å². The average molecular weight is 262 g/mol. The van der Waals surface area contributed by atoms with E-state index in [0.29, 0.717) is 12.8 Å². The third-order valence-corrected chi connectivity index (χ3v) is 3.62. The summed E-state index contributed by atoms with van der Waals surface area (Å²) in [6.07, 6.45) is 0.985. The van der Waals surface area contributed by atoms with Crippen LogP contribution in [0.25, 0.3) is 0 Å². The van der Waals surface area contributed by atoms with Crippen LogP contribution < -0.4 is 10.5 Å². The lowest BCUT2D eigenvalue weighted by Crippen LogP contribution is -2.25. The standard InChI is InChI=1S/C10H15FN2O3S/c11-9-7-8(12)3-4-10(9)17(15,16)13-5-1-2-6-14/h3-4,7,13-14H,1-2,5-6,12H2. The molecule has 0 aliphatic heterocycles. The van der Waals surface area contributed by atoms with Crippen molar-refractivity contribution in [2.45, 2.75) is 17.7 Å². The summed E-state index contributed by atoms with van der Waals surface area (Å²) >= 11 is 0. The maximum absolute atomic E-state index is 13.4. The summed E-state index contributed by atoms with van der Waals surface area (Å²) in [6, 6.07) is 3.41. The van der Waals surface area contributed by atoms with Crippen molar-refractivity contribution in [3.63, 3.8) is 0 Å². The van der Waals surface area contributed by atoms with Crippen LogP contribution in [0.5, 0.6) is 0 Å². The average Bonchev–Trinajstić information content (AvgIpc) is 2.24. The molecule has 0 spiro atoms. The van der Waals surface area contributed by atoms with Gasteiger partial charge in [-0.2, -0.15) is 0 Å². The van der Waals surface area contributed by atoms with Gasteiger partial charge in [0.1, 0.15) is 10.7 Å². The number of unbranched alkanes of at least 4 members (excludes halogenated alkanes) is 1. The van der Waals surface area contributed by atoms with Crippen molar-refractivity contribution in [1.29, 1.82) is 0 Å². The minimum atomic E-state index is -3.85. The van der Waals surface area contributed by atoms with Crippen LogP contribution >= 0.6 is 0 Å². The van der Waals surface area contributed by atoms with Crippen molar-refractivity contribution >= 4 is 15.7 Å². The van der Waals surface area contributed by atoms with Gasteiger partial charge in [0.2, 0.25) is 10.0 Å². The molecule has 0 amide bonds. The van der Waals surface area contributed by atoms with Gasteiger partial charge in [0.15, 0.2) is 0 Å². The lowest BCUT2D eigenvalue weighted by atomic mass is 10.3. The summed E-state index contributed by atoms with van der Waals surface area (Å²) in [6.45, 7) is 0.157. The SMILES string of the molecule is Nc1ccc(S(=O)(=O)NCCCCO)c(F)c1. The molecular formula is C10H15FN2O3S. The van der Waals surface area contributed by atoms with Crippen molar-refractivity contribution < 1.29 is 17.9 Å². The summed E-state index contributed by atoms with van der Waals surface area (Å²) in [4.78, 5) is -0.421. The van der Waals surface area contributed by atoms with E-state index in [1.807, 2.05) is 0 Å². The molecule has 0 saturated heterocycles. The van der Waals surface area contributed by atoms with Crippen LogP contribution in [0, 0.1) is 5.82 Å². The predicted octanol–water partition coefficient (Wildman–Crippen LogP) is 0.459. The number of hydrogen-bond acceptors (Lipinski definition) is 4. The lowest BCUT2D eigenvalue weighted by Gasteiger charge is -2.07. The molecule has 0 unspecified atom stereocenters. The number of anilines is 1. The number of aliphatic hydroxyl groups excluding tert-OH is 1. The van der Waals surface area contributed by atoms with Crippen LogP contribution in [0.3, 0.4) is 0 Å². The molecule has 0 aliphatic rings. The van der Waals surface area contributed by atoms with E-state index >= 15 is 0 Å². The third-order valence-electron chi connectivity index (χ3n) is 2.12. The summed E-state index contributed by atoms with van der Waals surface area (Å²) in [5.74, 6) is -0.875. The quantitative estimate of drug-likeness (QED) is 0.513. The van der Waals surface area contributed by atoms with Gasteiger partial charge < -0.3 is 10.8 Å². The first-order valence-electron chi connectivity index (χ1n) is 5.13. The Bertz CT molecular complexity index is 476. The second kappa shape index (κ2) is 5.95. The van der Waals surface area contributed by atoms with E-state index in [1.165, 1.54) is 6.07 Å². The number of nitrogens with two attached hydrogens (primary N) is 1. The van der Waals surface area contributed by atoms with E-state index in [2.05, 4.69) is 4.72 Å². The Morgan fingerprint density at radius 3 is 2.65 bits per heavy atom. The van der Waals surface area contributed by atoms with E-state index in [4.69, 9.17) is 10.8 Å². The van der Waals surface area contributed by atoms with Crippen LogP contribution in [0.4, 0.5) is 10.1 Å². The number of nitrogens with one attached hydrogen (secondary N) is 1. The number of hydrogen-bond donors (Lipinski definition) is 3. The minimum Gasteiger partial charge on any atom is -0.399 e. The number of nitrogen functional groups attached to an aromatic ring is 1. The summed E-state index contributed by atoms with van der Waals surface area (Å²) in [7, 11) is -3.85. The van der Waals surface area contributed by atoms with Crippen molar-refractivity contribution in [2.75, 3.05) is 18.9 Å². The van der Waals surface area contributed by atoms with Gasteiger partial charge in [-0.25, -0.2) is 17.5 Å². The normalized spacial score (nSPS) is 11.6. The molecule has 7 heteroatoms. The van der Waals surface area contributed by atoms with E-state index in [0.717, 1.165) is 12.1 Å². The number of benzene rings is 1. The topological polar surface area (TPSA) is 92.4 Å². The monoisotopic (exact) mass is 262 g/mol. The fourth-order valence-corrected chi connectivity index (χ4v) is 2.39. The van der Waals surface area contributed by atoms with Crippen LogP contribution in [-0.2, 0) is 10.0 Å². The van der Waals surface area contributed by atoms with Gasteiger partial charge in [0.05, 0.1) is 0 Å². The number of aliphatic hydroxyl groups is 1. The van der Waals surface area contributed by atoms with Crippen LogP contribution in [0.2, 0.25) is 0 Å². The predicted molar refractivity (Wildman–Crippen MR) is 62.3 cm³/mol. The maximum Gasteiger partial charge on any atom is 0.243 e.